The average molecular weight is 436 g/mol. The lowest BCUT2D eigenvalue weighted by Crippen LogP contribution is -2.13. The van der Waals surface area contributed by atoms with E-state index in [1.54, 1.807) is 23.5 Å². The van der Waals surface area contributed by atoms with E-state index >= 15 is 0 Å². The number of aromatic nitrogens is 2. The van der Waals surface area contributed by atoms with Gasteiger partial charge in [-0.3, -0.25) is 14.9 Å². The van der Waals surface area contributed by atoms with Crippen LogP contribution < -0.4 is 10.6 Å². The van der Waals surface area contributed by atoms with Gasteiger partial charge in [-0.05, 0) is 23.9 Å². The fourth-order valence-corrected chi connectivity index (χ4v) is 4.76. The highest BCUT2D eigenvalue weighted by Gasteiger charge is 2.15. The number of nitro groups is 1. The van der Waals surface area contributed by atoms with Crippen molar-refractivity contribution in [3.8, 4) is 0 Å². The number of amides is 1. The van der Waals surface area contributed by atoms with Crippen molar-refractivity contribution in [1.82, 2.24) is 10.2 Å². The number of nitrogens with one attached hydrogen (secondary N) is 2. The topological polar surface area (TPSA) is 110 Å². The zero-order chi connectivity index (χ0) is 19.8. The Morgan fingerprint density at radius 2 is 2.07 bits per heavy atom. The van der Waals surface area contributed by atoms with Gasteiger partial charge in [-0.2, -0.15) is 0 Å². The molecule has 146 valence electrons. The van der Waals surface area contributed by atoms with Gasteiger partial charge in [0.05, 0.1) is 4.92 Å². The highest BCUT2D eigenvalue weighted by Crippen LogP contribution is 2.27. The predicted molar refractivity (Wildman–Crippen MR) is 113 cm³/mol. The zero-order valence-corrected chi connectivity index (χ0v) is 17.1. The Morgan fingerprint density at radius 3 is 2.86 bits per heavy atom. The highest BCUT2D eigenvalue weighted by molar-refractivity contribution is 8.01. The normalized spacial score (nSPS) is 10.6. The van der Waals surface area contributed by atoms with E-state index in [4.69, 9.17) is 0 Å². The first kappa shape index (κ1) is 20.2. The fraction of sp³-hybridized carbons (Fsp3) is 0.235. The predicted octanol–water partition coefficient (Wildman–Crippen LogP) is 4.28. The fourth-order valence-electron chi connectivity index (χ4n) is 2.27. The van der Waals surface area contributed by atoms with Crippen LogP contribution in [-0.4, -0.2) is 33.3 Å². The van der Waals surface area contributed by atoms with Crippen molar-refractivity contribution in [3.05, 3.63) is 56.8 Å². The number of thiophene rings is 1. The molecule has 11 heteroatoms. The third-order valence-corrected chi connectivity index (χ3v) is 6.52. The lowest BCUT2D eigenvalue weighted by molar-refractivity contribution is -0.383. The van der Waals surface area contributed by atoms with Crippen LogP contribution in [0.1, 0.15) is 11.3 Å². The number of nitro benzene ring substituents is 1. The van der Waals surface area contributed by atoms with Gasteiger partial charge in [0.15, 0.2) is 4.34 Å². The SMILES string of the molecule is O=C(CCSc1nnc(NCCc2cccs2)s1)Nc1ccccc1[N+](=O)[O-]. The maximum Gasteiger partial charge on any atom is 0.292 e. The molecule has 3 aromatic rings. The summed E-state index contributed by atoms with van der Waals surface area (Å²) in [5.41, 5.74) is 0.0848. The molecule has 1 aromatic carbocycles. The van der Waals surface area contributed by atoms with Crippen molar-refractivity contribution in [3.63, 3.8) is 0 Å². The van der Waals surface area contributed by atoms with Crippen molar-refractivity contribution in [2.24, 2.45) is 0 Å². The summed E-state index contributed by atoms with van der Waals surface area (Å²) in [4.78, 5) is 23.8. The Morgan fingerprint density at radius 1 is 1.21 bits per heavy atom. The van der Waals surface area contributed by atoms with Gasteiger partial charge < -0.3 is 10.6 Å². The highest BCUT2D eigenvalue weighted by atomic mass is 32.2. The third-order valence-electron chi connectivity index (χ3n) is 3.56. The van der Waals surface area contributed by atoms with Crippen LogP contribution >= 0.6 is 34.4 Å². The standard InChI is InChI=1S/C17H17N5O3S3/c23-15(19-13-5-1-2-6-14(13)22(24)25)8-11-27-17-21-20-16(28-17)18-9-7-12-4-3-10-26-12/h1-6,10H,7-9,11H2,(H,18,20)(H,19,23). The first-order valence-electron chi connectivity index (χ1n) is 8.37. The molecule has 1 amide bonds. The van der Waals surface area contributed by atoms with Crippen LogP contribution in [-0.2, 0) is 11.2 Å². The Hall–Kier alpha value is -2.50. The lowest BCUT2D eigenvalue weighted by Gasteiger charge is -2.05. The second kappa shape index (κ2) is 10.2. The number of benzene rings is 1. The summed E-state index contributed by atoms with van der Waals surface area (Å²) < 4.78 is 0.775. The first-order chi connectivity index (χ1) is 13.6. The van der Waals surface area contributed by atoms with E-state index in [0.717, 1.165) is 22.4 Å². The van der Waals surface area contributed by atoms with Crippen molar-refractivity contribution in [2.45, 2.75) is 17.2 Å². The van der Waals surface area contributed by atoms with Gasteiger partial charge >= 0.3 is 0 Å². The molecule has 3 rings (SSSR count). The van der Waals surface area contributed by atoms with E-state index in [2.05, 4.69) is 32.3 Å². The third kappa shape index (κ3) is 6.01. The molecule has 0 atom stereocenters. The van der Waals surface area contributed by atoms with Crippen molar-refractivity contribution < 1.29 is 9.72 Å². The van der Waals surface area contributed by atoms with Gasteiger partial charge in [0.25, 0.3) is 5.69 Å². The molecule has 0 aliphatic rings. The van der Waals surface area contributed by atoms with E-state index in [9.17, 15) is 14.9 Å². The maximum absolute atomic E-state index is 12.0. The molecule has 2 aromatic heterocycles. The van der Waals surface area contributed by atoms with Crippen molar-refractivity contribution >= 4 is 56.8 Å². The number of hydrogen-bond acceptors (Lipinski definition) is 9. The molecule has 2 heterocycles. The van der Waals surface area contributed by atoms with Gasteiger partial charge in [-0.15, -0.1) is 21.5 Å². The van der Waals surface area contributed by atoms with Crippen molar-refractivity contribution in [2.75, 3.05) is 22.9 Å². The van der Waals surface area contributed by atoms with Crippen LogP contribution in [0.25, 0.3) is 0 Å². The summed E-state index contributed by atoms with van der Waals surface area (Å²) in [5, 5.41) is 27.8. The zero-order valence-electron chi connectivity index (χ0n) is 14.7. The van der Waals surface area contributed by atoms with Crippen LogP contribution in [0.5, 0.6) is 0 Å². The Bertz CT molecular complexity index is 930. The minimum absolute atomic E-state index is 0.120. The first-order valence-corrected chi connectivity index (χ1v) is 11.1. The van der Waals surface area contributed by atoms with Gasteiger partial charge in [0.2, 0.25) is 11.0 Å². The average Bonchev–Trinajstić information content (AvgIpc) is 3.34. The van der Waals surface area contributed by atoms with Crippen LogP contribution in [0, 0.1) is 10.1 Å². The number of thioether (sulfide) groups is 1. The molecule has 8 nitrogen and oxygen atoms in total. The summed E-state index contributed by atoms with van der Waals surface area (Å²) in [7, 11) is 0. The molecule has 0 spiro atoms. The molecular weight excluding hydrogens is 418 g/mol. The number of para-hydroxylation sites is 2. The lowest BCUT2D eigenvalue weighted by atomic mass is 10.2. The number of carbonyl (C=O) groups is 1. The largest absolute Gasteiger partial charge is 0.360 e. The van der Waals surface area contributed by atoms with E-state index in [1.165, 1.54) is 40.1 Å². The molecule has 0 saturated carbocycles. The molecule has 0 aliphatic heterocycles. The van der Waals surface area contributed by atoms with Crippen LogP contribution in [0.4, 0.5) is 16.5 Å². The Kier molecular flexibility index (Phi) is 7.34. The van der Waals surface area contributed by atoms with E-state index in [1.807, 2.05) is 6.07 Å². The van der Waals surface area contributed by atoms with E-state index in [0.29, 0.717) is 5.75 Å². The van der Waals surface area contributed by atoms with Crippen LogP contribution in [0.15, 0.2) is 46.1 Å². The molecule has 2 N–H and O–H groups in total. The number of nitrogens with zero attached hydrogens (tertiary/aromatic N) is 3. The van der Waals surface area contributed by atoms with Crippen LogP contribution in [0.3, 0.4) is 0 Å². The van der Waals surface area contributed by atoms with Crippen LogP contribution in [0.2, 0.25) is 0 Å². The molecule has 0 unspecified atom stereocenters. The number of rotatable bonds is 10. The Balaban J connectivity index is 1.40. The van der Waals surface area contributed by atoms with Gasteiger partial charge in [0.1, 0.15) is 5.69 Å². The van der Waals surface area contributed by atoms with Crippen molar-refractivity contribution in [1.29, 1.82) is 0 Å². The maximum atomic E-state index is 12.0. The summed E-state index contributed by atoms with van der Waals surface area (Å²) in [5.74, 6) is 0.233. The van der Waals surface area contributed by atoms with Gasteiger partial charge in [-0.25, -0.2) is 0 Å². The van der Waals surface area contributed by atoms with Gasteiger partial charge in [0, 0.05) is 29.7 Å². The molecule has 0 radical (unpaired) electrons. The molecular formula is C17H17N5O3S3. The van der Waals surface area contributed by atoms with Gasteiger partial charge in [-0.1, -0.05) is 41.3 Å². The number of anilines is 2. The summed E-state index contributed by atoms with van der Waals surface area (Å²) in [6, 6.07) is 10.2. The number of carbonyl (C=O) groups excluding carboxylic acids is 1. The quantitative estimate of drug-likeness (QED) is 0.278. The minimum atomic E-state index is -0.515. The summed E-state index contributed by atoms with van der Waals surface area (Å²) in [6.45, 7) is 0.790. The second-order valence-electron chi connectivity index (χ2n) is 5.55. The number of hydrogen-bond donors (Lipinski definition) is 2. The van der Waals surface area contributed by atoms with E-state index < -0.39 is 4.92 Å². The minimum Gasteiger partial charge on any atom is -0.360 e. The van der Waals surface area contributed by atoms with E-state index in [-0.39, 0.29) is 23.7 Å². The second-order valence-corrected chi connectivity index (χ2v) is 8.90. The summed E-state index contributed by atoms with van der Waals surface area (Å²) in [6.07, 6.45) is 1.16. The smallest absolute Gasteiger partial charge is 0.292 e. The molecule has 0 aliphatic carbocycles. The molecule has 0 bridgehead atoms. The molecule has 28 heavy (non-hydrogen) atoms. The Labute approximate surface area is 173 Å². The summed E-state index contributed by atoms with van der Waals surface area (Å²) >= 11 is 4.61. The molecule has 0 saturated heterocycles. The monoisotopic (exact) mass is 435 g/mol. The molecule has 0 fully saturated rings.